The van der Waals surface area contributed by atoms with Gasteiger partial charge in [-0.3, -0.25) is 0 Å². The second-order valence-electron chi connectivity index (χ2n) is 4.75. The van der Waals surface area contributed by atoms with Crippen LogP contribution in [0.1, 0.15) is 29.7 Å². The molecule has 0 aliphatic rings. The van der Waals surface area contributed by atoms with Crippen molar-refractivity contribution in [3.8, 4) is 0 Å². The number of nitrogens with zero attached hydrogens (tertiary/aromatic N) is 2. The Labute approximate surface area is 117 Å². The number of rotatable bonds is 6. The third-order valence-corrected chi connectivity index (χ3v) is 3.56. The average molecular weight is 295 g/mol. The molecule has 1 aromatic carbocycles. The molecule has 0 aliphatic carbocycles. The fraction of sp³-hybridized carbons (Fsp3) is 0.385. The van der Waals surface area contributed by atoms with Gasteiger partial charge in [0.15, 0.2) is 15.7 Å². The summed E-state index contributed by atoms with van der Waals surface area (Å²) in [6.07, 6.45) is 2.58. The normalized spacial score (nSPS) is 13.3. The first kappa shape index (κ1) is 14.7. The van der Waals surface area contributed by atoms with Crippen molar-refractivity contribution in [1.82, 2.24) is 10.1 Å². The number of sulfone groups is 1. The molecule has 2 aromatic rings. The smallest absolute Gasteiger partial charge is 0.243 e. The maximum Gasteiger partial charge on any atom is 0.243 e. The quantitative estimate of drug-likeness (QED) is 0.861. The molecule has 1 atom stereocenters. The molecule has 0 spiro atoms. The van der Waals surface area contributed by atoms with E-state index in [0.29, 0.717) is 6.42 Å². The lowest BCUT2D eigenvalue weighted by atomic mass is 10.1. The number of aromatic nitrogens is 2. The summed E-state index contributed by atoms with van der Waals surface area (Å²) in [4.78, 5) is 4.03. The van der Waals surface area contributed by atoms with Crippen molar-refractivity contribution < 1.29 is 12.9 Å². The van der Waals surface area contributed by atoms with Crippen LogP contribution in [0.25, 0.3) is 0 Å². The van der Waals surface area contributed by atoms with Crippen LogP contribution in [0, 0.1) is 0 Å². The zero-order chi connectivity index (χ0) is 14.6. The van der Waals surface area contributed by atoms with Crippen molar-refractivity contribution in [1.29, 1.82) is 0 Å². The van der Waals surface area contributed by atoms with Crippen LogP contribution in [0.15, 0.2) is 34.9 Å². The molecule has 0 amide bonds. The lowest BCUT2D eigenvalue weighted by molar-refractivity contribution is 0.346. The minimum atomic E-state index is -3.17. The molecule has 0 unspecified atom stereocenters. The van der Waals surface area contributed by atoms with Gasteiger partial charge in [-0.1, -0.05) is 35.5 Å². The highest BCUT2D eigenvalue weighted by Gasteiger charge is 2.17. The molecule has 20 heavy (non-hydrogen) atoms. The van der Waals surface area contributed by atoms with E-state index in [1.165, 1.54) is 5.56 Å². The van der Waals surface area contributed by atoms with E-state index in [-0.39, 0.29) is 17.5 Å². The van der Waals surface area contributed by atoms with Crippen LogP contribution in [-0.2, 0) is 22.0 Å². The van der Waals surface area contributed by atoms with Crippen molar-refractivity contribution in [2.24, 2.45) is 5.73 Å². The van der Waals surface area contributed by atoms with Crippen LogP contribution in [0.2, 0.25) is 0 Å². The van der Waals surface area contributed by atoms with E-state index >= 15 is 0 Å². The van der Waals surface area contributed by atoms with Crippen LogP contribution in [-0.4, -0.2) is 24.8 Å². The first-order valence-corrected chi connectivity index (χ1v) is 8.30. The summed E-state index contributed by atoms with van der Waals surface area (Å²) in [6, 6.07) is 9.55. The topological polar surface area (TPSA) is 99.1 Å². The highest BCUT2D eigenvalue weighted by atomic mass is 32.2. The summed E-state index contributed by atoms with van der Waals surface area (Å²) < 4.78 is 27.3. The Morgan fingerprint density at radius 2 is 2.00 bits per heavy atom. The summed E-state index contributed by atoms with van der Waals surface area (Å²) in [5.41, 5.74) is 7.15. The van der Waals surface area contributed by atoms with Gasteiger partial charge in [0.25, 0.3) is 0 Å². The van der Waals surface area contributed by atoms with E-state index < -0.39 is 15.9 Å². The van der Waals surface area contributed by atoms with Crippen molar-refractivity contribution in [3.63, 3.8) is 0 Å². The molecule has 2 N–H and O–H groups in total. The number of hydrogen-bond donors (Lipinski definition) is 1. The zero-order valence-corrected chi connectivity index (χ0v) is 12.0. The Hall–Kier alpha value is -1.73. The van der Waals surface area contributed by atoms with Crippen LogP contribution in [0.5, 0.6) is 0 Å². The van der Waals surface area contributed by atoms with Crippen molar-refractivity contribution in [2.45, 2.75) is 24.6 Å². The molecule has 0 fully saturated rings. The Bertz CT molecular complexity index is 653. The minimum absolute atomic E-state index is 0.151. The monoisotopic (exact) mass is 295 g/mol. The Kier molecular flexibility index (Phi) is 4.51. The summed E-state index contributed by atoms with van der Waals surface area (Å²) in [6.45, 7) is 0. The lowest BCUT2D eigenvalue weighted by Crippen LogP contribution is -2.12. The van der Waals surface area contributed by atoms with E-state index in [9.17, 15) is 8.42 Å². The molecular formula is C13H17N3O3S. The second-order valence-corrected chi connectivity index (χ2v) is 6.89. The SMILES string of the molecule is CS(=O)(=O)Cc1noc([C@@H](N)CCc2ccccc2)n1. The second kappa shape index (κ2) is 6.15. The zero-order valence-electron chi connectivity index (χ0n) is 11.2. The highest BCUT2D eigenvalue weighted by Crippen LogP contribution is 2.15. The Balaban J connectivity index is 1.94. The van der Waals surface area contributed by atoms with E-state index in [1.54, 1.807) is 0 Å². The Morgan fingerprint density at radius 1 is 1.30 bits per heavy atom. The van der Waals surface area contributed by atoms with Gasteiger partial charge in [-0.15, -0.1) is 0 Å². The summed E-state index contributed by atoms with van der Waals surface area (Å²) in [5, 5.41) is 3.63. The summed E-state index contributed by atoms with van der Waals surface area (Å²) in [5.74, 6) is 0.194. The molecule has 2 rings (SSSR count). The van der Waals surface area contributed by atoms with Gasteiger partial charge in [0.05, 0.1) is 6.04 Å². The first-order chi connectivity index (χ1) is 9.44. The van der Waals surface area contributed by atoms with E-state index in [1.807, 2.05) is 30.3 Å². The van der Waals surface area contributed by atoms with Crippen molar-refractivity contribution >= 4 is 9.84 Å². The predicted molar refractivity (Wildman–Crippen MR) is 74.5 cm³/mol. The lowest BCUT2D eigenvalue weighted by Gasteiger charge is -2.06. The van der Waals surface area contributed by atoms with Crippen LogP contribution < -0.4 is 5.73 Å². The van der Waals surface area contributed by atoms with Gasteiger partial charge in [-0.2, -0.15) is 4.98 Å². The largest absolute Gasteiger partial charge is 0.338 e. The third kappa shape index (κ3) is 4.43. The number of aryl methyl sites for hydroxylation is 1. The molecule has 0 saturated heterocycles. The molecule has 1 aromatic heterocycles. The van der Waals surface area contributed by atoms with Crippen LogP contribution >= 0.6 is 0 Å². The van der Waals surface area contributed by atoms with Crippen LogP contribution in [0.4, 0.5) is 0 Å². The fourth-order valence-corrected chi connectivity index (χ4v) is 2.39. The summed E-state index contributed by atoms with van der Waals surface area (Å²) >= 11 is 0. The maximum absolute atomic E-state index is 11.1. The molecule has 7 heteroatoms. The molecule has 108 valence electrons. The molecule has 0 radical (unpaired) electrons. The predicted octanol–water partition coefficient (Wildman–Crippen LogP) is 1.25. The number of hydrogen-bond acceptors (Lipinski definition) is 6. The minimum Gasteiger partial charge on any atom is -0.338 e. The highest BCUT2D eigenvalue weighted by molar-refractivity contribution is 7.89. The van der Waals surface area contributed by atoms with Gasteiger partial charge in [0, 0.05) is 6.26 Å². The first-order valence-electron chi connectivity index (χ1n) is 6.24. The molecule has 0 aliphatic heterocycles. The van der Waals surface area contributed by atoms with Crippen molar-refractivity contribution in [3.05, 3.63) is 47.6 Å². The van der Waals surface area contributed by atoms with Gasteiger partial charge in [0.1, 0.15) is 5.75 Å². The third-order valence-electron chi connectivity index (χ3n) is 2.78. The van der Waals surface area contributed by atoms with Crippen molar-refractivity contribution in [2.75, 3.05) is 6.26 Å². The fourth-order valence-electron chi connectivity index (χ4n) is 1.80. The van der Waals surface area contributed by atoms with E-state index in [2.05, 4.69) is 10.1 Å². The van der Waals surface area contributed by atoms with Gasteiger partial charge in [-0.25, -0.2) is 8.42 Å². The van der Waals surface area contributed by atoms with Gasteiger partial charge in [-0.05, 0) is 18.4 Å². The molecular weight excluding hydrogens is 278 g/mol. The van der Waals surface area contributed by atoms with Gasteiger partial charge in [0.2, 0.25) is 5.89 Å². The van der Waals surface area contributed by atoms with E-state index in [0.717, 1.165) is 12.7 Å². The van der Waals surface area contributed by atoms with Gasteiger partial charge < -0.3 is 10.3 Å². The van der Waals surface area contributed by atoms with Gasteiger partial charge >= 0.3 is 0 Å². The summed E-state index contributed by atoms with van der Waals surface area (Å²) in [7, 11) is -3.17. The maximum atomic E-state index is 11.1. The van der Waals surface area contributed by atoms with E-state index in [4.69, 9.17) is 10.3 Å². The Morgan fingerprint density at radius 3 is 2.65 bits per heavy atom. The molecule has 6 nitrogen and oxygen atoms in total. The van der Waals surface area contributed by atoms with Crippen LogP contribution in [0.3, 0.4) is 0 Å². The number of benzene rings is 1. The molecule has 0 bridgehead atoms. The standard InChI is InChI=1S/C13H17N3O3S/c1-20(17,18)9-12-15-13(19-16-12)11(14)8-7-10-5-3-2-4-6-10/h2-6,11H,7-9,14H2,1H3/t11-/m0/s1. The average Bonchev–Trinajstić information content (AvgIpc) is 2.83. The number of nitrogens with two attached hydrogens (primary N) is 1. The molecule has 0 saturated carbocycles. The molecule has 1 heterocycles.